The van der Waals surface area contributed by atoms with E-state index in [-0.39, 0.29) is 16.8 Å². The molecule has 2 heterocycles. The van der Waals surface area contributed by atoms with Gasteiger partial charge in [0.05, 0.1) is 15.1 Å². The summed E-state index contributed by atoms with van der Waals surface area (Å²) in [6.45, 7) is 9.80. The number of thiazole rings is 1. The molecule has 1 aliphatic rings. The number of hydrogen-bond donors (Lipinski definition) is 0. The van der Waals surface area contributed by atoms with Crippen molar-refractivity contribution in [2.45, 2.75) is 83.2 Å². The number of carbonyl (C=O) groups is 1. The van der Waals surface area contributed by atoms with Crippen molar-refractivity contribution in [3.05, 3.63) is 58.4 Å². The molecule has 1 fully saturated rings. The van der Waals surface area contributed by atoms with Crippen LogP contribution in [-0.2, 0) is 16.6 Å². The van der Waals surface area contributed by atoms with Crippen molar-refractivity contribution >= 4 is 37.5 Å². The van der Waals surface area contributed by atoms with Crippen molar-refractivity contribution in [2.24, 2.45) is 4.99 Å². The van der Waals surface area contributed by atoms with Gasteiger partial charge in [-0.15, -0.1) is 0 Å². The molecular formula is C27H35N3O3S2. The van der Waals surface area contributed by atoms with E-state index < -0.39 is 10.0 Å². The lowest BCUT2D eigenvalue weighted by molar-refractivity contribution is 0.0997. The van der Waals surface area contributed by atoms with Crippen LogP contribution in [0, 0.1) is 0 Å². The van der Waals surface area contributed by atoms with Crippen LogP contribution in [0.4, 0.5) is 0 Å². The largest absolute Gasteiger partial charge is 0.316 e. The lowest BCUT2D eigenvalue weighted by Gasteiger charge is -2.34. The molecule has 8 heteroatoms. The van der Waals surface area contributed by atoms with E-state index in [1.54, 1.807) is 28.6 Å². The van der Waals surface area contributed by atoms with Gasteiger partial charge in [-0.25, -0.2) is 8.42 Å². The average Bonchev–Trinajstić information content (AvgIpc) is 3.20. The first-order valence-corrected chi connectivity index (χ1v) is 14.9. The van der Waals surface area contributed by atoms with Gasteiger partial charge in [-0.1, -0.05) is 51.5 Å². The number of aromatic nitrogens is 1. The standard InChI is InChI=1S/C27H35N3O3S2/c1-5-16-29-24-15-12-21(19(3)4)18-25(24)34-27(29)28-26(31)20-10-13-23(14-11-20)35(32,33)30-17-8-7-9-22(30)6-2/h10-15,18-19,22H,5-9,16-17H2,1-4H3. The van der Waals surface area contributed by atoms with E-state index in [9.17, 15) is 13.2 Å². The third kappa shape index (κ3) is 5.29. The number of amides is 1. The van der Waals surface area contributed by atoms with Crippen molar-refractivity contribution in [2.75, 3.05) is 6.54 Å². The Bertz CT molecular complexity index is 1370. The van der Waals surface area contributed by atoms with Crippen LogP contribution in [0.1, 0.15) is 81.6 Å². The molecule has 188 valence electrons. The third-order valence-electron chi connectivity index (χ3n) is 6.77. The molecule has 0 radical (unpaired) electrons. The highest BCUT2D eigenvalue weighted by Crippen LogP contribution is 2.27. The van der Waals surface area contributed by atoms with Gasteiger partial charge in [-0.05, 0) is 73.6 Å². The van der Waals surface area contributed by atoms with E-state index in [4.69, 9.17) is 0 Å². The summed E-state index contributed by atoms with van der Waals surface area (Å²) in [5.41, 5.74) is 2.73. The van der Waals surface area contributed by atoms with Gasteiger partial charge in [0, 0.05) is 24.7 Å². The molecule has 0 spiro atoms. The van der Waals surface area contributed by atoms with E-state index in [0.717, 1.165) is 48.9 Å². The quantitative estimate of drug-likeness (QED) is 0.393. The number of aryl methyl sites for hydroxylation is 1. The SMILES string of the molecule is CCCn1c(=NC(=O)c2ccc(S(=O)(=O)N3CCCCC3CC)cc2)sc2cc(C(C)C)ccc21. The highest BCUT2D eigenvalue weighted by atomic mass is 32.2. The van der Waals surface area contributed by atoms with Gasteiger partial charge in [0.15, 0.2) is 4.80 Å². The predicted molar refractivity (Wildman–Crippen MR) is 142 cm³/mol. The Kier molecular flexibility index (Phi) is 7.93. The van der Waals surface area contributed by atoms with E-state index in [1.807, 2.05) is 6.92 Å². The fourth-order valence-corrected chi connectivity index (χ4v) is 7.60. The van der Waals surface area contributed by atoms with Gasteiger partial charge in [-0.3, -0.25) is 4.79 Å². The molecule has 6 nitrogen and oxygen atoms in total. The number of piperidine rings is 1. The smallest absolute Gasteiger partial charge is 0.279 e. The monoisotopic (exact) mass is 513 g/mol. The molecule has 1 atom stereocenters. The van der Waals surface area contributed by atoms with Gasteiger partial charge in [0.1, 0.15) is 0 Å². The molecule has 0 bridgehead atoms. The number of rotatable bonds is 7. The molecule has 4 rings (SSSR count). The lowest BCUT2D eigenvalue weighted by Crippen LogP contribution is -2.43. The molecule has 1 amide bonds. The summed E-state index contributed by atoms with van der Waals surface area (Å²) in [7, 11) is -3.58. The second-order valence-corrected chi connectivity index (χ2v) is 12.4. The fraction of sp³-hybridized carbons (Fsp3) is 0.481. The Morgan fingerprint density at radius 2 is 1.86 bits per heavy atom. The zero-order chi connectivity index (χ0) is 25.2. The van der Waals surface area contributed by atoms with Crippen LogP contribution < -0.4 is 4.80 Å². The maximum absolute atomic E-state index is 13.2. The Labute approximate surface area is 212 Å². The molecule has 35 heavy (non-hydrogen) atoms. The molecular weight excluding hydrogens is 478 g/mol. The summed E-state index contributed by atoms with van der Waals surface area (Å²) in [6.07, 6.45) is 4.59. The van der Waals surface area contributed by atoms with Crippen molar-refractivity contribution in [1.82, 2.24) is 8.87 Å². The molecule has 2 aromatic carbocycles. The van der Waals surface area contributed by atoms with Crippen molar-refractivity contribution in [3.63, 3.8) is 0 Å². The van der Waals surface area contributed by atoms with Gasteiger partial charge < -0.3 is 4.57 Å². The van der Waals surface area contributed by atoms with E-state index in [0.29, 0.717) is 22.8 Å². The van der Waals surface area contributed by atoms with E-state index in [1.165, 1.54) is 16.9 Å². The van der Waals surface area contributed by atoms with Gasteiger partial charge >= 0.3 is 0 Å². The minimum absolute atomic E-state index is 0.0447. The number of sulfonamides is 1. The Morgan fingerprint density at radius 3 is 2.51 bits per heavy atom. The van der Waals surface area contributed by atoms with Gasteiger partial charge in [0.25, 0.3) is 5.91 Å². The maximum Gasteiger partial charge on any atom is 0.279 e. The van der Waals surface area contributed by atoms with Crippen LogP contribution in [0.3, 0.4) is 0 Å². The first-order chi connectivity index (χ1) is 16.8. The first kappa shape index (κ1) is 25.8. The summed E-state index contributed by atoms with van der Waals surface area (Å²) in [4.78, 5) is 18.4. The summed E-state index contributed by atoms with van der Waals surface area (Å²) < 4.78 is 31.3. The molecule has 1 aliphatic heterocycles. The Morgan fingerprint density at radius 1 is 1.11 bits per heavy atom. The molecule has 1 unspecified atom stereocenters. The Hall–Kier alpha value is -2.29. The van der Waals surface area contributed by atoms with Crippen molar-refractivity contribution < 1.29 is 13.2 Å². The highest BCUT2D eigenvalue weighted by Gasteiger charge is 2.32. The molecule has 3 aromatic rings. The second-order valence-electron chi connectivity index (χ2n) is 9.53. The van der Waals surface area contributed by atoms with Gasteiger partial charge in [0.2, 0.25) is 10.0 Å². The number of nitrogens with zero attached hydrogens (tertiary/aromatic N) is 3. The zero-order valence-electron chi connectivity index (χ0n) is 21.0. The summed E-state index contributed by atoms with van der Waals surface area (Å²) in [5, 5.41) is 0. The van der Waals surface area contributed by atoms with E-state index in [2.05, 4.69) is 48.5 Å². The first-order valence-electron chi connectivity index (χ1n) is 12.6. The van der Waals surface area contributed by atoms with Crippen molar-refractivity contribution in [3.8, 4) is 0 Å². The zero-order valence-corrected chi connectivity index (χ0v) is 22.7. The summed E-state index contributed by atoms with van der Waals surface area (Å²) in [6, 6.07) is 12.7. The van der Waals surface area contributed by atoms with Crippen LogP contribution in [0.15, 0.2) is 52.4 Å². The maximum atomic E-state index is 13.2. The summed E-state index contributed by atoms with van der Waals surface area (Å²) >= 11 is 1.52. The number of benzene rings is 2. The van der Waals surface area contributed by atoms with Crippen LogP contribution in [0.25, 0.3) is 10.2 Å². The number of fused-ring (bicyclic) bond motifs is 1. The topological polar surface area (TPSA) is 71.7 Å². The molecule has 0 aliphatic carbocycles. The number of carbonyl (C=O) groups excluding carboxylic acids is 1. The van der Waals surface area contributed by atoms with Gasteiger partial charge in [-0.2, -0.15) is 9.30 Å². The second kappa shape index (κ2) is 10.8. The van der Waals surface area contributed by atoms with Crippen LogP contribution >= 0.6 is 11.3 Å². The predicted octanol–water partition coefficient (Wildman–Crippen LogP) is 5.93. The minimum Gasteiger partial charge on any atom is -0.316 e. The normalized spacial score (nSPS) is 18.0. The number of hydrogen-bond acceptors (Lipinski definition) is 4. The molecule has 1 aromatic heterocycles. The third-order valence-corrected chi connectivity index (χ3v) is 9.78. The molecule has 0 saturated carbocycles. The van der Waals surface area contributed by atoms with Crippen molar-refractivity contribution in [1.29, 1.82) is 0 Å². The minimum atomic E-state index is -3.58. The van der Waals surface area contributed by atoms with E-state index >= 15 is 0 Å². The summed E-state index contributed by atoms with van der Waals surface area (Å²) in [5.74, 6) is 0.0642. The van der Waals surface area contributed by atoms with Crippen LogP contribution in [0.2, 0.25) is 0 Å². The van der Waals surface area contributed by atoms with Crippen LogP contribution in [0.5, 0.6) is 0 Å². The Balaban J connectivity index is 1.65. The molecule has 0 N–H and O–H groups in total. The molecule has 1 saturated heterocycles. The fourth-order valence-electron chi connectivity index (χ4n) is 4.73. The van der Waals surface area contributed by atoms with Crippen LogP contribution in [-0.4, -0.2) is 35.8 Å². The average molecular weight is 514 g/mol. The lowest BCUT2D eigenvalue weighted by atomic mass is 10.0. The highest BCUT2D eigenvalue weighted by molar-refractivity contribution is 7.89.